The van der Waals surface area contributed by atoms with Crippen LogP contribution in [0.5, 0.6) is 0 Å². The van der Waals surface area contributed by atoms with Crippen molar-refractivity contribution in [3.05, 3.63) is 90.0 Å². The number of carbonyl (C=O) groups is 1. The maximum Gasteiger partial charge on any atom is 0.261 e. The van der Waals surface area contributed by atoms with Crippen molar-refractivity contribution in [2.24, 2.45) is 0 Å². The normalized spacial score (nSPS) is 12.8. The van der Waals surface area contributed by atoms with Crippen molar-refractivity contribution in [3.63, 3.8) is 0 Å². The molecule has 3 rings (SSSR count). The van der Waals surface area contributed by atoms with Gasteiger partial charge in [-0.3, -0.25) is 9.52 Å². The molecular formula is C23H25N3O5S2. The van der Waals surface area contributed by atoms with Gasteiger partial charge in [-0.25, -0.2) is 21.1 Å². The number of anilines is 1. The van der Waals surface area contributed by atoms with Gasteiger partial charge in [0.2, 0.25) is 10.0 Å². The van der Waals surface area contributed by atoms with Gasteiger partial charge in [0.25, 0.3) is 15.9 Å². The highest BCUT2D eigenvalue weighted by molar-refractivity contribution is 7.92. The van der Waals surface area contributed by atoms with Crippen molar-refractivity contribution >= 4 is 31.6 Å². The molecule has 3 aromatic rings. The molecule has 0 fully saturated rings. The average molecular weight is 488 g/mol. The fraction of sp³-hybridized carbons (Fsp3) is 0.174. The van der Waals surface area contributed by atoms with Gasteiger partial charge in [0, 0.05) is 25.3 Å². The van der Waals surface area contributed by atoms with Crippen LogP contribution in [0.15, 0.2) is 88.7 Å². The van der Waals surface area contributed by atoms with E-state index in [0.29, 0.717) is 0 Å². The first-order valence-corrected chi connectivity index (χ1v) is 12.9. The van der Waals surface area contributed by atoms with Gasteiger partial charge >= 0.3 is 0 Å². The van der Waals surface area contributed by atoms with Crippen LogP contribution in [0.1, 0.15) is 28.9 Å². The third-order valence-electron chi connectivity index (χ3n) is 4.94. The van der Waals surface area contributed by atoms with Crippen LogP contribution in [-0.4, -0.2) is 41.1 Å². The van der Waals surface area contributed by atoms with Crippen LogP contribution in [-0.2, 0) is 20.0 Å². The molecule has 0 spiro atoms. The summed E-state index contributed by atoms with van der Waals surface area (Å²) < 4.78 is 53.1. The molecule has 2 N–H and O–H groups in total. The van der Waals surface area contributed by atoms with Gasteiger partial charge in [-0.2, -0.15) is 0 Å². The second-order valence-corrected chi connectivity index (χ2v) is 11.4. The maximum atomic E-state index is 12.7. The van der Waals surface area contributed by atoms with E-state index in [-0.39, 0.29) is 21.0 Å². The van der Waals surface area contributed by atoms with Crippen molar-refractivity contribution in [1.29, 1.82) is 0 Å². The summed E-state index contributed by atoms with van der Waals surface area (Å²) >= 11 is 0. The smallest absolute Gasteiger partial charge is 0.261 e. The molecule has 1 amide bonds. The zero-order valence-electron chi connectivity index (χ0n) is 18.4. The summed E-state index contributed by atoms with van der Waals surface area (Å²) in [5.41, 5.74) is 1.27. The van der Waals surface area contributed by atoms with E-state index >= 15 is 0 Å². The van der Waals surface area contributed by atoms with Gasteiger partial charge in [0.1, 0.15) is 0 Å². The van der Waals surface area contributed by atoms with E-state index in [1.807, 2.05) is 0 Å². The molecule has 10 heteroatoms. The standard InChI is InChI=1S/C23H25N3O5S2/c1-17(18-12-14-22(15-13-18)33(30,31)26(2)3)24-23(27)19-8-7-9-20(16-19)25-32(28,29)21-10-5-4-6-11-21/h4-17,25H,1-3H3,(H,24,27). The quantitative estimate of drug-likeness (QED) is 0.507. The fourth-order valence-corrected chi connectivity index (χ4v) is 5.01. The zero-order valence-corrected chi connectivity index (χ0v) is 20.0. The van der Waals surface area contributed by atoms with Crippen LogP contribution in [0.4, 0.5) is 5.69 Å². The lowest BCUT2D eigenvalue weighted by Crippen LogP contribution is -2.27. The van der Waals surface area contributed by atoms with E-state index < -0.39 is 32.0 Å². The van der Waals surface area contributed by atoms with E-state index in [4.69, 9.17) is 0 Å². The van der Waals surface area contributed by atoms with Crippen molar-refractivity contribution < 1.29 is 21.6 Å². The summed E-state index contributed by atoms with van der Waals surface area (Å²) in [5, 5.41) is 2.84. The predicted molar refractivity (Wildman–Crippen MR) is 127 cm³/mol. The number of rotatable bonds is 8. The van der Waals surface area contributed by atoms with Gasteiger partial charge in [-0.1, -0.05) is 36.4 Å². The van der Waals surface area contributed by atoms with Crippen LogP contribution >= 0.6 is 0 Å². The van der Waals surface area contributed by atoms with Gasteiger partial charge in [0.15, 0.2) is 0 Å². The Morgan fingerprint density at radius 2 is 1.45 bits per heavy atom. The van der Waals surface area contributed by atoms with Crippen LogP contribution in [0.2, 0.25) is 0 Å². The third-order valence-corrected chi connectivity index (χ3v) is 8.16. The molecule has 0 aliphatic rings. The lowest BCUT2D eigenvalue weighted by molar-refractivity contribution is 0.0940. The Kier molecular flexibility index (Phi) is 7.21. The molecule has 174 valence electrons. The Balaban J connectivity index is 1.72. The van der Waals surface area contributed by atoms with Crippen molar-refractivity contribution in [2.75, 3.05) is 18.8 Å². The molecule has 1 unspecified atom stereocenters. The Hall–Kier alpha value is -3.21. The summed E-state index contributed by atoms with van der Waals surface area (Å²) in [7, 11) is -4.40. The molecule has 0 aromatic heterocycles. The molecule has 0 saturated carbocycles. The second kappa shape index (κ2) is 9.74. The van der Waals surface area contributed by atoms with Crippen LogP contribution in [0.25, 0.3) is 0 Å². The molecule has 0 aliphatic heterocycles. The minimum Gasteiger partial charge on any atom is -0.346 e. The first-order chi connectivity index (χ1) is 15.5. The summed E-state index contributed by atoms with van der Waals surface area (Å²) in [6, 6.07) is 20.0. The minimum absolute atomic E-state index is 0.119. The third kappa shape index (κ3) is 5.78. The Morgan fingerprint density at radius 1 is 0.818 bits per heavy atom. The lowest BCUT2D eigenvalue weighted by Gasteiger charge is -2.16. The van der Waals surface area contributed by atoms with Crippen molar-refractivity contribution in [3.8, 4) is 0 Å². The Labute approximate surface area is 194 Å². The van der Waals surface area contributed by atoms with Gasteiger partial charge in [0.05, 0.1) is 15.8 Å². The number of carbonyl (C=O) groups excluding carboxylic acids is 1. The maximum absolute atomic E-state index is 12.7. The summed E-state index contributed by atoms with van der Waals surface area (Å²) in [5.74, 6) is -0.395. The van der Waals surface area contributed by atoms with E-state index in [0.717, 1.165) is 9.87 Å². The molecule has 0 radical (unpaired) electrons. The highest BCUT2D eigenvalue weighted by Gasteiger charge is 2.19. The minimum atomic E-state index is -3.78. The first-order valence-electron chi connectivity index (χ1n) is 10.0. The monoisotopic (exact) mass is 487 g/mol. The van der Waals surface area contributed by atoms with E-state index in [1.54, 1.807) is 55.5 Å². The number of nitrogens with one attached hydrogen (secondary N) is 2. The number of sulfonamides is 2. The number of hydrogen-bond donors (Lipinski definition) is 2. The molecule has 1 atom stereocenters. The van der Waals surface area contributed by atoms with Gasteiger partial charge < -0.3 is 5.32 Å². The van der Waals surface area contributed by atoms with Crippen LogP contribution in [0, 0.1) is 0 Å². The Morgan fingerprint density at radius 3 is 2.06 bits per heavy atom. The molecule has 8 nitrogen and oxygen atoms in total. The molecule has 0 saturated heterocycles. The molecule has 33 heavy (non-hydrogen) atoms. The molecule has 0 aliphatic carbocycles. The van der Waals surface area contributed by atoms with Gasteiger partial charge in [-0.05, 0) is 55.0 Å². The van der Waals surface area contributed by atoms with E-state index in [1.165, 1.54) is 44.4 Å². The number of amides is 1. The summed E-state index contributed by atoms with van der Waals surface area (Å²) in [6.07, 6.45) is 0. The van der Waals surface area contributed by atoms with Crippen LogP contribution in [0.3, 0.4) is 0 Å². The summed E-state index contributed by atoms with van der Waals surface area (Å²) in [6.45, 7) is 1.77. The number of benzene rings is 3. The second-order valence-electron chi connectivity index (χ2n) is 7.55. The number of hydrogen-bond acceptors (Lipinski definition) is 5. The SMILES string of the molecule is CC(NC(=O)c1cccc(NS(=O)(=O)c2ccccc2)c1)c1ccc(S(=O)(=O)N(C)C)cc1. The molecule has 0 heterocycles. The Bertz CT molecular complexity index is 1340. The van der Waals surface area contributed by atoms with Crippen LogP contribution < -0.4 is 10.0 Å². The molecule has 0 bridgehead atoms. The average Bonchev–Trinajstić information content (AvgIpc) is 2.79. The van der Waals surface area contributed by atoms with Gasteiger partial charge in [-0.15, -0.1) is 0 Å². The van der Waals surface area contributed by atoms with E-state index in [2.05, 4.69) is 10.0 Å². The topological polar surface area (TPSA) is 113 Å². The molecule has 3 aromatic carbocycles. The van der Waals surface area contributed by atoms with Crippen molar-refractivity contribution in [2.45, 2.75) is 22.8 Å². The first kappa shape index (κ1) is 24.4. The summed E-state index contributed by atoms with van der Waals surface area (Å²) in [4.78, 5) is 13.0. The predicted octanol–water partition coefficient (Wildman–Crippen LogP) is 3.23. The fourth-order valence-electron chi connectivity index (χ4n) is 3.04. The zero-order chi connectivity index (χ0) is 24.2. The highest BCUT2D eigenvalue weighted by Crippen LogP contribution is 2.20. The number of nitrogens with zero attached hydrogens (tertiary/aromatic N) is 1. The van der Waals surface area contributed by atoms with E-state index in [9.17, 15) is 21.6 Å². The largest absolute Gasteiger partial charge is 0.346 e. The highest BCUT2D eigenvalue weighted by atomic mass is 32.2. The lowest BCUT2D eigenvalue weighted by atomic mass is 10.1. The van der Waals surface area contributed by atoms with Crippen molar-refractivity contribution in [1.82, 2.24) is 9.62 Å². The molecular weight excluding hydrogens is 462 g/mol.